The lowest BCUT2D eigenvalue weighted by Gasteiger charge is -2.17. The van der Waals surface area contributed by atoms with Crippen LogP contribution in [0, 0.1) is 0 Å². The summed E-state index contributed by atoms with van der Waals surface area (Å²) < 4.78 is 9.80. The van der Waals surface area contributed by atoms with E-state index in [-0.39, 0.29) is 25.0 Å². The molecule has 0 saturated heterocycles. The molecular weight excluding hydrogens is 226 g/mol. The number of methoxy groups -OCH3 is 1. The van der Waals surface area contributed by atoms with Crippen molar-refractivity contribution in [2.24, 2.45) is 0 Å². The summed E-state index contributed by atoms with van der Waals surface area (Å²) in [5.41, 5.74) is 0. The molecule has 0 unspecified atom stereocenters. The Morgan fingerprint density at radius 1 is 1.65 bits per heavy atom. The standard InChI is InChI=1S/C10H11N3O4/c1-16-4-8(14)11-7-3-2-6-10(12-7)13-9(15)5-17-6/h2-3H,4-5H2,1H3,(H2,11,12,13,14,15). The molecule has 0 atom stereocenters. The van der Waals surface area contributed by atoms with Crippen LogP contribution in [0.3, 0.4) is 0 Å². The van der Waals surface area contributed by atoms with Gasteiger partial charge >= 0.3 is 0 Å². The molecule has 1 aliphatic heterocycles. The molecule has 1 aromatic heterocycles. The van der Waals surface area contributed by atoms with Gasteiger partial charge in [-0.15, -0.1) is 0 Å². The number of hydrogen-bond acceptors (Lipinski definition) is 5. The molecule has 0 bridgehead atoms. The Labute approximate surface area is 97.1 Å². The van der Waals surface area contributed by atoms with E-state index in [2.05, 4.69) is 20.4 Å². The van der Waals surface area contributed by atoms with Gasteiger partial charge in [0.15, 0.2) is 18.2 Å². The van der Waals surface area contributed by atoms with Crippen molar-refractivity contribution in [3.8, 4) is 5.75 Å². The lowest BCUT2D eigenvalue weighted by atomic mass is 10.3. The van der Waals surface area contributed by atoms with Crippen molar-refractivity contribution in [3.05, 3.63) is 12.1 Å². The van der Waals surface area contributed by atoms with Crippen LogP contribution in [0.2, 0.25) is 0 Å². The molecule has 0 aliphatic carbocycles. The first kappa shape index (κ1) is 11.3. The van der Waals surface area contributed by atoms with E-state index in [1.807, 2.05) is 0 Å². The van der Waals surface area contributed by atoms with Crippen LogP contribution in [-0.4, -0.2) is 37.1 Å². The third-order valence-electron chi connectivity index (χ3n) is 2.02. The number of aromatic nitrogens is 1. The van der Waals surface area contributed by atoms with E-state index in [1.165, 1.54) is 7.11 Å². The van der Waals surface area contributed by atoms with Crippen molar-refractivity contribution < 1.29 is 19.1 Å². The van der Waals surface area contributed by atoms with Crippen molar-refractivity contribution in [2.45, 2.75) is 0 Å². The quantitative estimate of drug-likeness (QED) is 0.772. The Kier molecular flexibility index (Phi) is 3.20. The molecule has 2 heterocycles. The van der Waals surface area contributed by atoms with E-state index >= 15 is 0 Å². The van der Waals surface area contributed by atoms with Crippen molar-refractivity contribution in [1.29, 1.82) is 0 Å². The largest absolute Gasteiger partial charge is 0.480 e. The average molecular weight is 237 g/mol. The molecule has 7 nitrogen and oxygen atoms in total. The first-order valence-corrected chi connectivity index (χ1v) is 4.91. The molecular formula is C10H11N3O4. The van der Waals surface area contributed by atoms with Crippen molar-refractivity contribution in [2.75, 3.05) is 31.0 Å². The van der Waals surface area contributed by atoms with Crippen LogP contribution < -0.4 is 15.4 Å². The molecule has 0 radical (unpaired) electrons. The molecule has 2 amide bonds. The fourth-order valence-corrected chi connectivity index (χ4v) is 1.34. The van der Waals surface area contributed by atoms with Gasteiger partial charge in [0.2, 0.25) is 0 Å². The predicted octanol–water partition coefficient (Wildman–Crippen LogP) is -0.00260. The van der Waals surface area contributed by atoms with E-state index in [9.17, 15) is 9.59 Å². The molecule has 0 spiro atoms. The Hall–Kier alpha value is -2.15. The topological polar surface area (TPSA) is 89.5 Å². The van der Waals surface area contributed by atoms with Gasteiger partial charge in [-0.1, -0.05) is 0 Å². The highest BCUT2D eigenvalue weighted by atomic mass is 16.5. The van der Waals surface area contributed by atoms with Gasteiger partial charge in [-0.05, 0) is 12.1 Å². The van der Waals surface area contributed by atoms with E-state index in [4.69, 9.17) is 4.74 Å². The summed E-state index contributed by atoms with van der Waals surface area (Å²) in [5.74, 6) is 0.524. The minimum absolute atomic E-state index is 0.0237. The highest BCUT2D eigenvalue weighted by Crippen LogP contribution is 2.26. The zero-order valence-corrected chi connectivity index (χ0v) is 9.15. The Balaban J connectivity index is 2.13. The van der Waals surface area contributed by atoms with Crippen LogP contribution in [0.25, 0.3) is 0 Å². The van der Waals surface area contributed by atoms with E-state index < -0.39 is 0 Å². The summed E-state index contributed by atoms with van der Waals surface area (Å²) in [6.45, 7) is -0.0777. The number of carbonyl (C=O) groups is 2. The lowest BCUT2D eigenvalue weighted by molar-refractivity contribution is -0.120. The Morgan fingerprint density at radius 2 is 2.47 bits per heavy atom. The molecule has 0 saturated carbocycles. The third-order valence-corrected chi connectivity index (χ3v) is 2.02. The second-order valence-corrected chi connectivity index (χ2v) is 3.36. The normalized spacial score (nSPS) is 13.4. The highest BCUT2D eigenvalue weighted by molar-refractivity contribution is 5.95. The van der Waals surface area contributed by atoms with Gasteiger partial charge in [0.1, 0.15) is 12.4 Å². The SMILES string of the molecule is COCC(=O)Nc1ccc2c(n1)NC(=O)CO2. The number of nitrogens with one attached hydrogen (secondary N) is 2. The van der Waals surface area contributed by atoms with Gasteiger partial charge in [-0.3, -0.25) is 9.59 Å². The maximum atomic E-state index is 11.3. The summed E-state index contributed by atoms with van der Waals surface area (Å²) in [5, 5.41) is 5.07. The molecule has 1 aromatic rings. The van der Waals surface area contributed by atoms with Gasteiger partial charge in [0, 0.05) is 7.11 Å². The number of fused-ring (bicyclic) bond motifs is 1. The number of rotatable bonds is 3. The zero-order chi connectivity index (χ0) is 12.3. The molecule has 90 valence electrons. The number of anilines is 2. The van der Waals surface area contributed by atoms with Gasteiger partial charge in [-0.2, -0.15) is 0 Å². The van der Waals surface area contributed by atoms with Crippen LogP contribution in [-0.2, 0) is 14.3 Å². The van der Waals surface area contributed by atoms with Crippen molar-refractivity contribution >= 4 is 23.5 Å². The second-order valence-electron chi connectivity index (χ2n) is 3.36. The predicted molar refractivity (Wildman–Crippen MR) is 58.9 cm³/mol. The van der Waals surface area contributed by atoms with Gasteiger partial charge in [0.05, 0.1) is 0 Å². The van der Waals surface area contributed by atoms with Crippen molar-refractivity contribution in [1.82, 2.24) is 4.98 Å². The first-order chi connectivity index (χ1) is 8.19. The molecule has 0 aromatic carbocycles. The number of carbonyl (C=O) groups excluding carboxylic acids is 2. The van der Waals surface area contributed by atoms with Gasteiger partial charge in [0.25, 0.3) is 11.8 Å². The van der Waals surface area contributed by atoms with Crippen LogP contribution in [0.15, 0.2) is 12.1 Å². The minimum atomic E-state index is -0.317. The first-order valence-electron chi connectivity index (χ1n) is 4.91. The van der Waals surface area contributed by atoms with Gasteiger partial charge < -0.3 is 20.1 Å². The smallest absolute Gasteiger partial charge is 0.263 e. The molecule has 0 fully saturated rings. The van der Waals surface area contributed by atoms with Gasteiger partial charge in [-0.25, -0.2) is 4.98 Å². The molecule has 7 heteroatoms. The fraction of sp³-hybridized carbons (Fsp3) is 0.300. The second kappa shape index (κ2) is 4.79. The highest BCUT2D eigenvalue weighted by Gasteiger charge is 2.17. The minimum Gasteiger partial charge on any atom is -0.480 e. The summed E-state index contributed by atoms with van der Waals surface area (Å²) >= 11 is 0. The fourth-order valence-electron chi connectivity index (χ4n) is 1.34. The third kappa shape index (κ3) is 2.70. The maximum absolute atomic E-state index is 11.3. The number of ether oxygens (including phenoxy) is 2. The van der Waals surface area contributed by atoms with Crippen LogP contribution in [0.5, 0.6) is 5.75 Å². The van der Waals surface area contributed by atoms with E-state index in [0.717, 1.165) is 0 Å². The number of hydrogen-bond donors (Lipinski definition) is 2. The molecule has 17 heavy (non-hydrogen) atoms. The van der Waals surface area contributed by atoms with Crippen molar-refractivity contribution in [3.63, 3.8) is 0 Å². The molecule has 2 rings (SSSR count). The Morgan fingerprint density at radius 3 is 3.24 bits per heavy atom. The maximum Gasteiger partial charge on any atom is 0.263 e. The lowest BCUT2D eigenvalue weighted by Crippen LogP contribution is -2.26. The van der Waals surface area contributed by atoms with E-state index in [1.54, 1.807) is 12.1 Å². The van der Waals surface area contributed by atoms with Crippen LogP contribution in [0.4, 0.5) is 11.6 Å². The van der Waals surface area contributed by atoms with Crippen LogP contribution in [0.1, 0.15) is 0 Å². The van der Waals surface area contributed by atoms with E-state index in [0.29, 0.717) is 17.4 Å². The number of pyridine rings is 1. The monoisotopic (exact) mass is 237 g/mol. The molecule has 2 N–H and O–H groups in total. The van der Waals surface area contributed by atoms with Crippen LogP contribution >= 0.6 is 0 Å². The summed E-state index contributed by atoms with van der Waals surface area (Å²) in [7, 11) is 1.42. The average Bonchev–Trinajstić information content (AvgIpc) is 2.28. The molecule has 1 aliphatic rings. The number of nitrogens with zero attached hydrogens (tertiary/aromatic N) is 1. The summed E-state index contributed by atoms with van der Waals surface area (Å²) in [6, 6.07) is 3.22. The Bertz CT molecular complexity index is 461. The summed E-state index contributed by atoms with van der Waals surface area (Å²) in [4.78, 5) is 26.4. The summed E-state index contributed by atoms with van der Waals surface area (Å²) in [6.07, 6.45) is 0. The zero-order valence-electron chi connectivity index (χ0n) is 9.15. The number of amides is 2.